The van der Waals surface area contributed by atoms with Crippen molar-refractivity contribution in [3.63, 3.8) is 0 Å². The van der Waals surface area contributed by atoms with E-state index in [4.69, 9.17) is 5.73 Å². The number of amides is 1. The smallest absolute Gasteiger partial charge is 0.374 e. The molecule has 19 heavy (non-hydrogen) atoms. The van der Waals surface area contributed by atoms with Crippen molar-refractivity contribution >= 4 is 22.5 Å². The second-order valence-corrected chi connectivity index (χ2v) is 3.81. The molecule has 0 aliphatic heterocycles. The van der Waals surface area contributed by atoms with Gasteiger partial charge in [-0.05, 0) is 18.2 Å². The van der Waals surface area contributed by atoms with Crippen LogP contribution in [0.5, 0.6) is 0 Å². The molecular weight excluding hydrogens is 261 g/mol. The van der Waals surface area contributed by atoms with E-state index in [2.05, 4.69) is 15.5 Å². The fraction of sp³-hybridized carbons (Fsp3) is 0.182. The molecular formula is C11H9F3N4O. The largest absolute Gasteiger partial charge is 0.416 e. The van der Waals surface area contributed by atoms with Crippen molar-refractivity contribution in [3.05, 3.63) is 30.0 Å². The molecule has 100 valence electrons. The Kier molecular flexibility index (Phi) is 3.24. The zero-order valence-electron chi connectivity index (χ0n) is 9.53. The fourth-order valence-electron chi connectivity index (χ4n) is 1.56. The number of carbonyl (C=O) groups is 1. The molecule has 0 spiro atoms. The normalized spacial score (nSPS) is 11.5. The molecule has 0 saturated carbocycles. The molecule has 0 radical (unpaired) electrons. The average molecular weight is 270 g/mol. The molecule has 1 heterocycles. The maximum atomic E-state index is 12.6. The highest BCUT2D eigenvalue weighted by Gasteiger charge is 2.30. The standard InChI is InChI=1S/C11H9F3N4O/c12-11(13,14)6-1-2-8-7(3-6)9(4-17-18-8)16-5-10(15)19/h1-4H,5H2,(H2,15,19)(H,16,18). The van der Waals surface area contributed by atoms with Crippen molar-refractivity contribution < 1.29 is 18.0 Å². The molecule has 0 saturated heterocycles. The van der Waals surface area contributed by atoms with Gasteiger partial charge in [0.1, 0.15) is 0 Å². The molecule has 1 amide bonds. The van der Waals surface area contributed by atoms with Crippen molar-refractivity contribution in [2.75, 3.05) is 11.9 Å². The summed E-state index contributed by atoms with van der Waals surface area (Å²) in [6, 6.07) is 3.10. The van der Waals surface area contributed by atoms with Gasteiger partial charge in [-0.3, -0.25) is 4.79 Å². The number of aromatic nitrogens is 2. The molecule has 3 N–H and O–H groups in total. The molecule has 0 atom stereocenters. The Morgan fingerprint density at radius 2 is 2.11 bits per heavy atom. The highest BCUT2D eigenvalue weighted by atomic mass is 19.4. The van der Waals surface area contributed by atoms with Crippen LogP contribution in [0.25, 0.3) is 10.9 Å². The summed E-state index contributed by atoms with van der Waals surface area (Å²) in [5.74, 6) is -0.628. The van der Waals surface area contributed by atoms with Crippen LogP contribution in [0.3, 0.4) is 0 Å². The molecule has 2 aromatic rings. The highest BCUT2D eigenvalue weighted by molar-refractivity contribution is 5.92. The predicted octanol–water partition coefficient (Wildman–Crippen LogP) is 1.55. The number of fused-ring (bicyclic) bond motifs is 1. The summed E-state index contributed by atoms with van der Waals surface area (Å²) in [5.41, 5.74) is 4.74. The lowest BCUT2D eigenvalue weighted by Crippen LogP contribution is -2.22. The minimum atomic E-state index is -4.45. The number of nitrogens with two attached hydrogens (primary N) is 1. The van der Waals surface area contributed by atoms with Crippen LogP contribution in [0, 0.1) is 0 Å². The quantitative estimate of drug-likeness (QED) is 0.886. The second kappa shape index (κ2) is 4.71. The Morgan fingerprint density at radius 1 is 1.37 bits per heavy atom. The lowest BCUT2D eigenvalue weighted by Gasteiger charge is -2.10. The number of carbonyl (C=O) groups excluding carboxylic acids is 1. The zero-order chi connectivity index (χ0) is 14.0. The summed E-state index contributed by atoms with van der Waals surface area (Å²) in [6.45, 7) is -0.197. The Morgan fingerprint density at radius 3 is 2.74 bits per heavy atom. The van der Waals surface area contributed by atoms with Crippen molar-refractivity contribution in [3.8, 4) is 0 Å². The molecule has 8 heteroatoms. The third-order valence-corrected chi connectivity index (χ3v) is 2.42. The maximum absolute atomic E-state index is 12.6. The molecule has 0 aliphatic rings. The number of benzene rings is 1. The van der Waals surface area contributed by atoms with Gasteiger partial charge in [0.05, 0.1) is 29.5 Å². The molecule has 0 bridgehead atoms. The van der Waals surface area contributed by atoms with Crippen molar-refractivity contribution in [1.29, 1.82) is 0 Å². The molecule has 1 aromatic carbocycles. The molecule has 0 aliphatic carbocycles. The number of nitrogens with one attached hydrogen (secondary N) is 1. The number of anilines is 1. The summed E-state index contributed by atoms with van der Waals surface area (Å²) in [7, 11) is 0. The van der Waals surface area contributed by atoms with Gasteiger partial charge in [0, 0.05) is 5.39 Å². The van der Waals surface area contributed by atoms with E-state index in [1.54, 1.807) is 0 Å². The number of hydrogen-bond donors (Lipinski definition) is 2. The molecule has 5 nitrogen and oxygen atoms in total. The maximum Gasteiger partial charge on any atom is 0.416 e. The van der Waals surface area contributed by atoms with Crippen LogP contribution in [0.1, 0.15) is 5.56 Å². The summed E-state index contributed by atoms with van der Waals surface area (Å²) in [5, 5.41) is 10.2. The van der Waals surface area contributed by atoms with Crippen LogP contribution < -0.4 is 11.1 Å². The van der Waals surface area contributed by atoms with E-state index in [1.807, 2.05) is 0 Å². The first-order chi connectivity index (χ1) is 8.88. The third kappa shape index (κ3) is 2.90. The number of hydrogen-bond acceptors (Lipinski definition) is 4. The van der Waals surface area contributed by atoms with Crippen LogP contribution in [0.4, 0.5) is 18.9 Å². The summed E-state index contributed by atoms with van der Waals surface area (Å²) in [4.78, 5) is 10.7. The number of alkyl halides is 3. The first kappa shape index (κ1) is 13.1. The third-order valence-electron chi connectivity index (χ3n) is 2.42. The van der Waals surface area contributed by atoms with Crippen LogP contribution in [0.15, 0.2) is 24.4 Å². The van der Waals surface area contributed by atoms with Crippen molar-refractivity contribution in [2.45, 2.75) is 6.18 Å². The first-order valence-electron chi connectivity index (χ1n) is 5.23. The van der Waals surface area contributed by atoms with Gasteiger partial charge >= 0.3 is 6.18 Å². The van der Waals surface area contributed by atoms with Crippen molar-refractivity contribution in [2.24, 2.45) is 5.73 Å². The molecule has 1 aromatic heterocycles. The SMILES string of the molecule is NC(=O)CNc1cnnc2ccc(C(F)(F)F)cc12. The van der Waals surface area contributed by atoms with Crippen LogP contribution >= 0.6 is 0 Å². The molecule has 0 unspecified atom stereocenters. The van der Waals surface area contributed by atoms with Crippen LogP contribution in [0.2, 0.25) is 0 Å². The lowest BCUT2D eigenvalue weighted by atomic mass is 10.1. The Balaban J connectivity index is 2.49. The van der Waals surface area contributed by atoms with Gasteiger partial charge in [-0.25, -0.2) is 0 Å². The van der Waals surface area contributed by atoms with E-state index in [9.17, 15) is 18.0 Å². The van der Waals surface area contributed by atoms with Gasteiger partial charge in [0.25, 0.3) is 0 Å². The van der Waals surface area contributed by atoms with E-state index in [1.165, 1.54) is 12.3 Å². The molecule has 2 rings (SSSR count). The Bertz CT molecular complexity index is 627. The lowest BCUT2D eigenvalue weighted by molar-refractivity contribution is -0.137. The minimum absolute atomic E-state index is 0.197. The fourth-order valence-corrected chi connectivity index (χ4v) is 1.56. The van der Waals surface area contributed by atoms with Crippen molar-refractivity contribution in [1.82, 2.24) is 10.2 Å². The number of halogens is 3. The van der Waals surface area contributed by atoms with Gasteiger partial charge in [0.15, 0.2) is 0 Å². The van der Waals surface area contributed by atoms with Gasteiger partial charge < -0.3 is 11.1 Å². The van der Waals surface area contributed by atoms with E-state index in [-0.39, 0.29) is 17.6 Å². The average Bonchev–Trinajstić information content (AvgIpc) is 2.34. The number of primary amides is 1. The summed E-state index contributed by atoms with van der Waals surface area (Å²) in [6.07, 6.45) is -3.20. The first-order valence-corrected chi connectivity index (χ1v) is 5.23. The predicted molar refractivity (Wildman–Crippen MR) is 62.2 cm³/mol. The van der Waals surface area contributed by atoms with Crippen LogP contribution in [-0.2, 0) is 11.0 Å². The van der Waals surface area contributed by atoms with E-state index in [0.29, 0.717) is 5.52 Å². The van der Waals surface area contributed by atoms with Gasteiger partial charge in [-0.2, -0.15) is 23.4 Å². The van der Waals surface area contributed by atoms with Gasteiger partial charge in [0.2, 0.25) is 5.91 Å². The summed E-state index contributed by atoms with van der Waals surface area (Å²) >= 11 is 0. The second-order valence-electron chi connectivity index (χ2n) is 3.81. The molecule has 0 fully saturated rings. The van der Waals surface area contributed by atoms with Gasteiger partial charge in [-0.15, -0.1) is 0 Å². The zero-order valence-corrected chi connectivity index (χ0v) is 9.53. The Labute approximate surface area is 105 Å². The van der Waals surface area contributed by atoms with E-state index < -0.39 is 17.6 Å². The monoisotopic (exact) mass is 270 g/mol. The highest BCUT2D eigenvalue weighted by Crippen LogP contribution is 2.32. The van der Waals surface area contributed by atoms with Gasteiger partial charge in [-0.1, -0.05) is 0 Å². The van der Waals surface area contributed by atoms with Crippen LogP contribution in [-0.4, -0.2) is 22.6 Å². The number of nitrogens with zero attached hydrogens (tertiary/aromatic N) is 2. The minimum Gasteiger partial charge on any atom is -0.374 e. The topological polar surface area (TPSA) is 80.9 Å². The summed E-state index contributed by atoms with van der Waals surface area (Å²) < 4.78 is 37.9. The van der Waals surface area contributed by atoms with E-state index >= 15 is 0 Å². The number of rotatable bonds is 3. The Hall–Kier alpha value is -2.38. The van der Waals surface area contributed by atoms with E-state index in [0.717, 1.165) is 12.1 Å².